The van der Waals surface area contributed by atoms with Crippen LogP contribution in [-0.2, 0) is 9.59 Å². The van der Waals surface area contributed by atoms with E-state index in [0.717, 1.165) is 11.1 Å². The van der Waals surface area contributed by atoms with Gasteiger partial charge < -0.3 is 10.2 Å². The Morgan fingerprint density at radius 3 is 2.25 bits per heavy atom. The first-order chi connectivity index (χ1) is 11.3. The largest absolute Gasteiger partial charge is 0.324 e. The molecule has 0 fully saturated rings. The van der Waals surface area contributed by atoms with E-state index in [0.29, 0.717) is 21.4 Å². The summed E-state index contributed by atoms with van der Waals surface area (Å²) in [6, 6.07) is 10.4. The number of anilines is 2. The number of carbonyl (C=O) groups excluding carboxylic acids is 2. The van der Waals surface area contributed by atoms with Gasteiger partial charge in [-0.15, -0.1) is 0 Å². The fourth-order valence-corrected chi connectivity index (χ4v) is 2.73. The molecule has 0 saturated carbocycles. The molecule has 1 N–H and O–H groups in total. The van der Waals surface area contributed by atoms with Crippen molar-refractivity contribution in [2.75, 3.05) is 16.8 Å². The molecule has 0 radical (unpaired) electrons. The molecule has 2 aromatic rings. The highest BCUT2D eigenvalue weighted by Crippen LogP contribution is 2.25. The highest BCUT2D eigenvalue weighted by molar-refractivity contribution is 6.31. The Kier molecular flexibility index (Phi) is 5.86. The molecule has 0 aliphatic rings. The Labute approximate surface area is 151 Å². The second-order valence-corrected chi connectivity index (χ2v) is 6.42. The van der Waals surface area contributed by atoms with Crippen LogP contribution in [0, 0.1) is 13.8 Å². The third-order valence-corrected chi connectivity index (χ3v) is 4.08. The number of aryl methyl sites for hydroxylation is 2. The van der Waals surface area contributed by atoms with Crippen LogP contribution in [-0.4, -0.2) is 18.4 Å². The van der Waals surface area contributed by atoms with Gasteiger partial charge in [-0.1, -0.05) is 29.3 Å². The summed E-state index contributed by atoms with van der Waals surface area (Å²) in [4.78, 5) is 25.8. The second kappa shape index (κ2) is 7.69. The van der Waals surface area contributed by atoms with E-state index in [1.54, 1.807) is 30.3 Å². The van der Waals surface area contributed by atoms with Crippen molar-refractivity contribution < 1.29 is 9.59 Å². The number of nitrogens with one attached hydrogen (secondary N) is 1. The van der Waals surface area contributed by atoms with E-state index in [-0.39, 0.29) is 18.4 Å². The molecule has 0 heterocycles. The maximum atomic E-state index is 12.4. The summed E-state index contributed by atoms with van der Waals surface area (Å²) < 4.78 is 0. The van der Waals surface area contributed by atoms with E-state index in [2.05, 4.69) is 5.32 Å². The third kappa shape index (κ3) is 4.49. The van der Waals surface area contributed by atoms with Crippen molar-refractivity contribution in [2.45, 2.75) is 20.8 Å². The molecule has 0 bridgehead atoms. The molecule has 126 valence electrons. The first-order valence-electron chi connectivity index (χ1n) is 7.38. The molecule has 24 heavy (non-hydrogen) atoms. The lowest BCUT2D eigenvalue weighted by atomic mass is 10.1. The van der Waals surface area contributed by atoms with E-state index in [1.165, 1.54) is 11.8 Å². The number of carbonyl (C=O) groups is 2. The minimum atomic E-state index is -0.296. The van der Waals surface area contributed by atoms with Crippen LogP contribution in [0.1, 0.15) is 18.1 Å². The van der Waals surface area contributed by atoms with Gasteiger partial charge in [-0.2, -0.15) is 0 Å². The van der Waals surface area contributed by atoms with Crippen LogP contribution in [0.25, 0.3) is 0 Å². The van der Waals surface area contributed by atoms with Crippen molar-refractivity contribution in [3.63, 3.8) is 0 Å². The van der Waals surface area contributed by atoms with Crippen molar-refractivity contribution in [2.24, 2.45) is 0 Å². The summed E-state index contributed by atoms with van der Waals surface area (Å²) in [5.41, 5.74) is 3.00. The van der Waals surface area contributed by atoms with Gasteiger partial charge in [-0.05, 0) is 55.3 Å². The van der Waals surface area contributed by atoms with Crippen LogP contribution in [0.2, 0.25) is 10.0 Å². The molecule has 0 saturated heterocycles. The molecule has 0 spiro atoms. The van der Waals surface area contributed by atoms with Crippen molar-refractivity contribution >= 4 is 46.4 Å². The van der Waals surface area contributed by atoms with E-state index >= 15 is 0 Å². The average Bonchev–Trinajstić information content (AvgIpc) is 2.50. The molecule has 2 rings (SSSR count). The standard InChI is InChI=1S/C18H18Cl2N2O2/c1-11-4-5-15(20)9-17(11)22(13(3)23)10-18(24)21-16-7-6-14(19)8-12(16)2/h4-9H,10H2,1-3H3,(H,21,24). The number of halogens is 2. The normalized spacial score (nSPS) is 10.4. The molecule has 0 aliphatic heterocycles. The van der Waals surface area contributed by atoms with Crippen LogP contribution in [0.3, 0.4) is 0 Å². The monoisotopic (exact) mass is 364 g/mol. The topological polar surface area (TPSA) is 49.4 Å². The number of hydrogen-bond acceptors (Lipinski definition) is 2. The van der Waals surface area contributed by atoms with Crippen molar-refractivity contribution in [1.82, 2.24) is 0 Å². The SMILES string of the molecule is CC(=O)N(CC(=O)Nc1ccc(Cl)cc1C)c1cc(Cl)ccc1C. The summed E-state index contributed by atoms with van der Waals surface area (Å²) in [6.45, 7) is 5.04. The number of nitrogens with zero attached hydrogens (tertiary/aromatic N) is 1. The van der Waals surface area contributed by atoms with E-state index < -0.39 is 0 Å². The molecular formula is C18H18Cl2N2O2. The molecule has 6 heteroatoms. The van der Waals surface area contributed by atoms with Crippen LogP contribution in [0.4, 0.5) is 11.4 Å². The van der Waals surface area contributed by atoms with Crippen LogP contribution >= 0.6 is 23.2 Å². The lowest BCUT2D eigenvalue weighted by Crippen LogP contribution is -2.37. The molecule has 2 aromatic carbocycles. The Bertz CT molecular complexity index is 791. The summed E-state index contributed by atoms with van der Waals surface area (Å²) in [5, 5.41) is 3.91. The minimum Gasteiger partial charge on any atom is -0.324 e. The third-order valence-electron chi connectivity index (χ3n) is 3.61. The van der Waals surface area contributed by atoms with Gasteiger partial charge in [-0.25, -0.2) is 0 Å². The van der Waals surface area contributed by atoms with Gasteiger partial charge in [0.1, 0.15) is 6.54 Å². The number of amides is 2. The summed E-state index contributed by atoms with van der Waals surface area (Å²) in [5.74, 6) is -0.529. The number of rotatable bonds is 4. The van der Waals surface area contributed by atoms with Gasteiger partial charge in [-0.3, -0.25) is 9.59 Å². The predicted molar refractivity (Wildman–Crippen MR) is 99.0 cm³/mol. The molecule has 2 amide bonds. The first kappa shape index (κ1) is 18.3. The Balaban J connectivity index is 2.20. The van der Waals surface area contributed by atoms with Gasteiger partial charge in [0.15, 0.2) is 0 Å². The summed E-state index contributed by atoms with van der Waals surface area (Å²) >= 11 is 11.9. The fraction of sp³-hybridized carbons (Fsp3) is 0.222. The quantitative estimate of drug-likeness (QED) is 0.861. The predicted octanol–water partition coefficient (Wildman–Crippen LogP) is 4.60. The Morgan fingerprint density at radius 1 is 1.00 bits per heavy atom. The zero-order valence-corrected chi connectivity index (χ0v) is 15.2. The van der Waals surface area contributed by atoms with Crippen LogP contribution < -0.4 is 10.2 Å². The van der Waals surface area contributed by atoms with E-state index in [4.69, 9.17) is 23.2 Å². The zero-order valence-electron chi connectivity index (χ0n) is 13.7. The number of hydrogen-bond donors (Lipinski definition) is 1. The van der Waals surface area contributed by atoms with Crippen molar-refractivity contribution in [3.8, 4) is 0 Å². The smallest absolute Gasteiger partial charge is 0.244 e. The van der Waals surface area contributed by atoms with E-state index in [9.17, 15) is 9.59 Å². The maximum Gasteiger partial charge on any atom is 0.244 e. The van der Waals surface area contributed by atoms with Gasteiger partial charge in [0, 0.05) is 28.3 Å². The van der Waals surface area contributed by atoms with Gasteiger partial charge in [0.2, 0.25) is 11.8 Å². The van der Waals surface area contributed by atoms with Gasteiger partial charge in [0.05, 0.1) is 0 Å². The van der Waals surface area contributed by atoms with Crippen molar-refractivity contribution in [1.29, 1.82) is 0 Å². The molecule has 4 nitrogen and oxygen atoms in total. The lowest BCUT2D eigenvalue weighted by molar-refractivity contribution is -0.120. The lowest BCUT2D eigenvalue weighted by Gasteiger charge is -2.23. The molecule has 0 unspecified atom stereocenters. The van der Waals surface area contributed by atoms with Crippen molar-refractivity contribution in [3.05, 3.63) is 57.6 Å². The fourth-order valence-electron chi connectivity index (χ4n) is 2.34. The Hall–Kier alpha value is -2.04. The summed E-state index contributed by atoms with van der Waals surface area (Å²) in [7, 11) is 0. The highest BCUT2D eigenvalue weighted by Gasteiger charge is 2.18. The number of benzene rings is 2. The molecule has 0 aromatic heterocycles. The van der Waals surface area contributed by atoms with E-state index in [1.807, 2.05) is 19.9 Å². The zero-order chi connectivity index (χ0) is 17.9. The highest BCUT2D eigenvalue weighted by atomic mass is 35.5. The van der Waals surface area contributed by atoms with Gasteiger partial charge >= 0.3 is 0 Å². The minimum absolute atomic E-state index is 0.0986. The van der Waals surface area contributed by atoms with Crippen LogP contribution in [0.15, 0.2) is 36.4 Å². The maximum absolute atomic E-state index is 12.4. The van der Waals surface area contributed by atoms with Gasteiger partial charge in [0.25, 0.3) is 0 Å². The molecule has 0 atom stereocenters. The Morgan fingerprint density at radius 2 is 1.62 bits per heavy atom. The molecular weight excluding hydrogens is 347 g/mol. The molecule has 0 aliphatic carbocycles. The first-order valence-corrected chi connectivity index (χ1v) is 8.14. The van der Waals surface area contributed by atoms with Crippen LogP contribution in [0.5, 0.6) is 0 Å². The second-order valence-electron chi connectivity index (χ2n) is 5.54. The summed E-state index contributed by atoms with van der Waals surface area (Å²) in [6.07, 6.45) is 0. The average molecular weight is 365 g/mol.